The van der Waals surface area contributed by atoms with Crippen molar-refractivity contribution in [3.63, 3.8) is 0 Å². The van der Waals surface area contributed by atoms with Gasteiger partial charge >= 0.3 is 0 Å². The van der Waals surface area contributed by atoms with Gasteiger partial charge < -0.3 is 10.2 Å². The number of nitrogens with zero attached hydrogens (tertiary/aromatic N) is 2. The Morgan fingerprint density at radius 2 is 2.06 bits per heavy atom. The lowest BCUT2D eigenvalue weighted by atomic mass is 10.2. The first-order valence-corrected chi connectivity index (χ1v) is 6.44. The lowest BCUT2D eigenvalue weighted by Gasteiger charge is -2.25. The van der Waals surface area contributed by atoms with Gasteiger partial charge in [0.1, 0.15) is 5.82 Å². The molecule has 1 aromatic rings. The second-order valence-corrected chi connectivity index (χ2v) is 4.94. The Balaban J connectivity index is 2.93. The predicted octanol–water partition coefficient (Wildman–Crippen LogP) is 2.59. The summed E-state index contributed by atoms with van der Waals surface area (Å²) in [5, 5.41) is 3.19. The lowest BCUT2D eigenvalue weighted by Crippen LogP contribution is -2.28. The first kappa shape index (κ1) is 14.0. The van der Waals surface area contributed by atoms with Gasteiger partial charge in [0.2, 0.25) is 0 Å². The Bertz CT molecular complexity index is 347. The quantitative estimate of drug-likeness (QED) is 0.821. The van der Waals surface area contributed by atoms with Crippen LogP contribution in [0.3, 0.4) is 0 Å². The molecular formula is C14H25N3. The average Bonchev–Trinajstić information content (AvgIpc) is 2.25. The smallest absolute Gasteiger partial charge is 0.129 e. The van der Waals surface area contributed by atoms with Gasteiger partial charge in [-0.3, -0.25) is 0 Å². The Hall–Kier alpha value is -1.09. The second kappa shape index (κ2) is 6.60. The van der Waals surface area contributed by atoms with Crippen molar-refractivity contribution >= 4 is 5.82 Å². The number of aromatic nitrogens is 1. The monoisotopic (exact) mass is 235 g/mol. The van der Waals surface area contributed by atoms with Crippen molar-refractivity contribution in [1.82, 2.24) is 10.3 Å². The van der Waals surface area contributed by atoms with Gasteiger partial charge in [-0.05, 0) is 44.5 Å². The van der Waals surface area contributed by atoms with Gasteiger partial charge in [0.25, 0.3) is 0 Å². The van der Waals surface area contributed by atoms with Gasteiger partial charge in [0.15, 0.2) is 0 Å². The van der Waals surface area contributed by atoms with Gasteiger partial charge in [-0.2, -0.15) is 0 Å². The van der Waals surface area contributed by atoms with Crippen LogP contribution in [-0.4, -0.2) is 25.1 Å². The van der Waals surface area contributed by atoms with Crippen LogP contribution in [0.4, 0.5) is 5.82 Å². The molecule has 1 N–H and O–H groups in total. The van der Waals surface area contributed by atoms with Crippen LogP contribution in [0.25, 0.3) is 0 Å². The van der Waals surface area contributed by atoms with Crippen molar-refractivity contribution in [3.05, 3.63) is 23.4 Å². The molecule has 1 rings (SSSR count). The fourth-order valence-corrected chi connectivity index (χ4v) is 2.01. The molecule has 0 aliphatic carbocycles. The minimum atomic E-state index is 0.657. The van der Waals surface area contributed by atoms with Gasteiger partial charge in [-0.1, -0.05) is 13.8 Å². The van der Waals surface area contributed by atoms with E-state index in [1.54, 1.807) is 0 Å². The minimum Gasteiger partial charge on any atom is -0.357 e. The highest BCUT2D eigenvalue weighted by Gasteiger charge is 2.09. The molecule has 1 heterocycles. The molecule has 0 spiro atoms. The normalized spacial score (nSPS) is 10.9. The average molecular weight is 235 g/mol. The molecule has 0 atom stereocenters. The van der Waals surface area contributed by atoms with Crippen molar-refractivity contribution in [3.8, 4) is 0 Å². The van der Waals surface area contributed by atoms with Crippen LogP contribution in [0, 0.1) is 12.8 Å². The highest BCUT2D eigenvalue weighted by Crippen LogP contribution is 2.16. The van der Waals surface area contributed by atoms with E-state index >= 15 is 0 Å². The zero-order valence-corrected chi connectivity index (χ0v) is 11.7. The number of nitrogens with one attached hydrogen (secondary N) is 1. The molecule has 0 unspecified atom stereocenters. The third-order valence-electron chi connectivity index (χ3n) is 2.67. The van der Waals surface area contributed by atoms with Gasteiger partial charge in [0.05, 0.1) is 0 Å². The van der Waals surface area contributed by atoms with Gasteiger partial charge in [-0.25, -0.2) is 4.98 Å². The summed E-state index contributed by atoms with van der Waals surface area (Å²) in [6.07, 6.45) is 0. The standard InChI is InChI=1S/C14H25N3/c1-6-17(10-11(2)3)14-8-13(9-15-5)7-12(4)16-14/h7-8,11,15H,6,9-10H2,1-5H3. The highest BCUT2D eigenvalue weighted by atomic mass is 15.2. The van der Waals surface area contributed by atoms with Gasteiger partial charge in [0, 0.05) is 25.3 Å². The summed E-state index contributed by atoms with van der Waals surface area (Å²) in [4.78, 5) is 6.98. The lowest BCUT2D eigenvalue weighted by molar-refractivity contribution is 0.613. The largest absolute Gasteiger partial charge is 0.357 e. The molecule has 0 fully saturated rings. The minimum absolute atomic E-state index is 0.657. The van der Waals surface area contributed by atoms with E-state index in [0.29, 0.717) is 5.92 Å². The summed E-state index contributed by atoms with van der Waals surface area (Å²) in [6.45, 7) is 11.7. The van der Waals surface area contributed by atoms with Crippen LogP contribution in [0.1, 0.15) is 32.0 Å². The van der Waals surface area contributed by atoms with Crippen LogP contribution in [-0.2, 0) is 6.54 Å². The third-order valence-corrected chi connectivity index (χ3v) is 2.67. The molecule has 0 amide bonds. The summed E-state index contributed by atoms with van der Waals surface area (Å²) in [6, 6.07) is 4.33. The van der Waals surface area contributed by atoms with E-state index < -0.39 is 0 Å². The Morgan fingerprint density at radius 3 is 2.59 bits per heavy atom. The molecule has 0 saturated carbocycles. The van der Waals surface area contributed by atoms with Crippen LogP contribution in [0.5, 0.6) is 0 Å². The van der Waals surface area contributed by atoms with E-state index in [2.05, 4.69) is 55.0 Å². The van der Waals surface area contributed by atoms with Crippen molar-refractivity contribution in [1.29, 1.82) is 0 Å². The first-order valence-electron chi connectivity index (χ1n) is 6.44. The summed E-state index contributed by atoms with van der Waals surface area (Å²) < 4.78 is 0. The molecule has 96 valence electrons. The number of hydrogen-bond donors (Lipinski definition) is 1. The maximum Gasteiger partial charge on any atom is 0.129 e. The summed E-state index contributed by atoms with van der Waals surface area (Å²) in [5.41, 5.74) is 2.40. The van der Waals surface area contributed by atoms with E-state index in [0.717, 1.165) is 31.1 Å². The van der Waals surface area contributed by atoms with Crippen molar-refractivity contribution in [2.75, 3.05) is 25.0 Å². The van der Waals surface area contributed by atoms with Crippen molar-refractivity contribution in [2.24, 2.45) is 5.92 Å². The molecule has 3 heteroatoms. The number of anilines is 1. The van der Waals surface area contributed by atoms with E-state index in [1.165, 1.54) is 5.56 Å². The van der Waals surface area contributed by atoms with Crippen LogP contribution >= 0.6 is 0 Å². The third kappa shape index (κ3) is 4.35. The molecule has 0 aromatic carbocycles. The topological polar surface area (TPSA) is 28.2 Å². The zero-order chi connectivity index (χ0) is 12.8. The van der Waals surface area contributed by atoms with E-state index in [-0.39, 0.29) is 0 Å². The summed E-state index contributed by atoms with van der Waals surface area (Å²) in [5.74, 6) is 1.76. The first-order chi connectivity index (χ1) is 8.06. The maximum atomic E-state index is 4.64. The number of hydrogen-bond acceptors (Lipinski definition) is 3. The predicted molar refractivity (Wildman–Crippen MR) is 74.5 cm³/mol. The fourth-order valence-electron chi connectivity index (χ4n) is 2.01. The van der Waals surface area contributed by atoms with Crippen molar-refractivity contribution < 1.29 is 0 Å². The van der Waals surface area contributed by atoms with E-state index in [4.69, 9.17) is 0 Å². The molecule has 0 saturated heterocycles. The molecule has 17 heavy (non-hydrogen) atoms. The molecular weight excluding hydrogens is 210 g/mol. The molecule has 0 bridgehead atoms. The van der Waals surface area contributed by atoms with Crippen molar-refractivity contribution in [2.45, 2.75) is 34.2 Å². The maximum absolute atomic E-state index is 4.64. The number of aryl methyl sites for hydroxylation is 1. The summed E-state index contributed by atoms with van der Waals surface area (Å²) in [7, 11) is 1.97. The molecule has 1 aromatic heterocycles. The zero-order valence-electron chi connectivity index (χ0n) is 11.7. The Labute approximate surface area is 105 Å². The highest BCUT2D eigenvalue weighted by molar-refractivity contribution is 5.42. The Kier molecular flexibility index (Phi) is 5.42. The van der Waals surface area contributed by atoms with Crippen LogP contribution in [0.15, 0.2) is 12.1 Å². The summed E-state index contributed by atoms with van der Waals surface area (Å²) >= 11 is 0. The fraction of sp³-hybridized carbons (Fsp3) is 0.643. The van der Waals surface area contributed by atoms with Crippen LogP contribution in [0.2, 0.25) is 0 Å². The molecule has 0 aliphatic rings. The van der Waals surface area contributed by atoms with Gasteiger partial charge in [-0.15, -0.1) is 0 Å². The molecule has 0 radical (unpaired) electrons. The van der Waals surface area contributed by atoms with E-state index in [9.17, 15) is 0 Å². The second-order valence-electron chi connectivity index (χ2n) is 4.94. The SMILES string of the molecule is CCN(CC(C)C)c1cc(CNC)cc(C)n1. The number of rotatable bonds is 6. The molecule has 0 aliphatic heterocycles. The van der Waals surface area contributed by atoms with E-state index in [1.807, 2.05) is 7.05 Å². The van der Waals surface area contributed by atoms with Crippen LogP contribution < -0.4 is 10.2 Å². The Morgan fingerprint density at radius 1 is 1.35 bits per heavy atom. The molecule has 3 nitrogen and oxygen atoms in total. The number of pyridine rings is 1.